The SMILES string of the molecule is [C-]#[N+]C(C)c1ccc(N2CCCC2)nc1. The zero-order valence-corrected chi connectivity index (χ0v) is 8.98. The van der Waals surface area contributed by atoms with Crippen LogP contribution in [0.5, 0.6) is 0 Å². The molecule has 3 heteroatoms. The van der Waals surface area contributed by atoms with Crippen molar-refractivity contribution in [1.82, 2.24) is 4.98 Å². The van der Waals surface area contributed by atoms with Crippen molar-refractivity contribution in [3.63, 3.8) is 0 Å². The Labute approximate surface area is 90.6 Å². The van der Waals surface area contributed by atoms with Crippen LogP contribution in [0.3, 0.4) is 0 Å². The molecule has 0 spiro atoms. The second-order valence-corrected chi connectivity index (χ2v) is 3.95. The summed E-state index contributed by atoms with van der Waals surface area (Å²) in [6, 6.07) is 3.97. The fourth-order valence-corrected chi connectivity index (χ4v) is 1.85. The van der Waals surface area contributed by atoms with Gasteiger partial charge < -0.3 is 9.74 Å². The number of hydrogen-bond donors (Lipinski definition) is 0. The third kappa shape index (κ3) is 2.10. The van der Waals surface area contributed by atoms with Crippen LogP contribution in [0.4, 0.5) is 5.82 Å². The van der Waals surface area contributed by atoms with Crippen LogP contribution >= 0.6 is 0 Å². The van der Waals surface area contributed by atoms with Gasteiger partial charge in [-0.05, 0) is 25.0 Å². The predicted octanol–water partition coefficient (Wildman–Crippen LogP) is 2.66. The Morgan fingerprint density at radius 2 is 2.13 bits per heavy atom. The predicted molar refractivity (Wildman–Crippen MR) is 60.7 cm³/mol. The highest BCUT2D eigenvalue weighted by atomic mass is 15.2. The van der Waals surface area contributed by atoms with E-state index in [2.05, 4.69) is 14.7 Å². The van der Waals surface area contributed by atoms with Gasteiger partial charge in [0.05, 0.1) is 5.56 Å². The zero-order chi connectivity index (χ0) is 10.7. The first-order valence-electron chi connectivity index (χ1n) is 5.39. The second-order valence-electron chi connectivity index (χ2n) is 3.95. The molecule has 78 valence electrons. The maximum atomic E-state index is 6.95. The molecule has 0 aromatic carbocycles. The van der Waals surface area contributed by atoms with Gasteiger partial charge in [0.2, 0.25) is 6.04 Å². The van der Waals surface area contributed by atoms with E-state index in [1.54, 1.807) is 0 Å². The highest BCUT2D eigenvalue weighted by Crippen LogP contribution is 2.21. The van der Waals surface area contributed by atoms with Crippen molar-refractivity contribution < 1.29 is 0 Å². The first kappa shape index (κ1) is 9.97. The molecule has 1 aliphatic rings. The van der Waals surface area contributed by atoms with Crippen LogP contribution in [-0.2, 0) is 0 Å². The van der Waals surface area contributed by atoms with Crippen molar-refractivity contribution in [3.05, 3.63) is 35.3 Å². The molecule has 2 heterocycles. The third-order valence-corrected chi connectivity index (χ3v) is 2.88. The van der Waals surface area contributed by atoms with Crippen molar-refractivity contribution >= 4 is 5.82 Å². The number of anilines is 1. The van der Waals surface area contributed by atoms with Crippen LogP contribution in [0, 0.1) is 6.57 Å². The molecular weight excluding hydrogens is 186 g/mol. The zero-order valence-electron chi connectivity index (χ0n) is 8.98. The lowest BCUT2D eigenvalue weighted by Crippen LogP contribution is -2.18. The number of rotatable bonds is 2. The van der Waals surface area contributed by atoms with E-state index in [1.807, 2.05) is 25.3 Å². The fourth-order valence-electron chi connectivity index (χ4n) is 1.85. The number of pyridine rings is 1. The molecule has 0 radical (unpaired) electrons. The van der Waals surface area contributed by atoms with Crippen LogP contribution < -0.4 is 4.90 Å². The Bertz CT molecular complexity index is 357. The summed E-state index contributed by atoms with van der Waals surface area (Å²) in [4.78, 5) is 10.2. The van der Waals surface area contributed by atoms with E-state index in [0.717, 1.165) is 24.5 Å². The van der Waals surface area contributed by atoms with Gasteiger partial charge in [0.1, 0.15) is 5.82 Å². The van der Waals surface area contributed by atoms with Gasteiger partial charge in [-0.3, -0.25) is 0 Å². The lowest BCUT2D eigenvalue weighted by atomic mass is 10.1. The average Bonchev–Trinajstić information content (AvgIpc) is 2.82. The summed E-state index contributed by atoms with van der Waals surface area (Å²) >= 11 is 0. The van der Waals surface area contributed by atoms with Gasteiger partial charge in [0, 0.05) is 26.2 Å². The summed E-state index contributed by atoms with van der Waals surface area (Å²) in [6.45, 7) is 11.1. The topological polar surface area (TPSA) is 20.5 Å². The summed E-state index contributed by atoms with van der Waals surface area (Å²) < 4.78 is 0. The number of nitrogens with zero attached hydrogens (tertiary/aromatic N) is 3. The summed E-state index contributed by atoms with van der Waals surface area (Å²) in [5.41, 5.74) is 1.01. The molecule has 0 N–H and O–H groups in total. The molecule has 0 aliphatic carbocycles. The van der Waals surface area contributed by atoms with Gasteiger partial charge in [-0.1, -0.05) is 0 Å². The van der Waals surface area contributed by atoms with E-state index in [4.69, 9.17) is 6.57 Å². The van der Waals surface area contributed by atoms with Gasteiger partial charge in [0.15, 0.2) is 0 Å². The highest BCUT2D eigenvalue weighted by molar-refractivity contribution is 5.40. The van der Waals surface area contributed by atoms with E-state index >= 15 is 0 Å². The minimum Gasteiger partial charge on any atom is -0.357 e. The molecule has 1 unspecified atom stereocenters. The molecule has 1 aromatic heterocycles. The molecule has 1 atom stereocenters. The fraction of sp³-hybridized carbons (Fsp3) is 0.500. The standard InChI is InChI=1S/C12H15N3/c1-10(13-2)11-5-6-12(14-9-11)15-7-3-4-8-15/h5-6,9-10H,3-4,7-8H2,1H3. The Hall–Kier alpha value is -1.56. The van der Waals surface area contributed by atoms with Crippen LogP contribution in [0.2, 0.25) is 0 Å². The van der Waals surface area contributed by atoms with E-state index in [-0.39, 0.29) is 6.04 Å². The van der Waals surface area contributed by atoms with Gasteiger partial charge in [-0.2, -0.15) is 0 Å². The highest BCUT2D eigenvalue weighted by Gasteiger charge is 2.14. The second kappa shape index (κ2) is 4.31. The largest absolute Gasteiger partial charge is 0.357 e. The maximum Gasteiger partial charge on any atom is 0.247 e. The molecule has 1 aromatic rings. The maximum absolute atomic E-state index is 6.95. The Morgan fingerprint density at radius 1 is 1.40 bits per heavy atom. The molecular formula is C12H15N3. The molecule has 1 fully saturated rings. The van der Waals surface area contributed by atoms with E-state index in [1.165, 1.54) is 12.8 Å². The Balaban J connectivity index is 2.13. The van der Waals surface area contributed by atoms with Crippen LogP contribution in [0.15, 0.2) is 18.3 Å². The smallest absolute Gasteiger partial charge is 0.247 e. The van der Waals surface area contributed by atoms with Crippen molar-refractivity contribution in [1.29, 1.82) is 0 Å². The molecule has 1 saturated heterocycles. The molecule has 3 nitrogen and oxygen atoms in total. The first-order chi connectivity index (χ1) is 7.31. The number of hydrogen-bond acceptors (Lipinski definition) is 2. The molecule has 2 rings (SSSR count). The van der Waals surface area contributed by atoms with Crippen LogP contribution in [0.25, 0.3) is 4.85 Å². The Morgan fingerprint density at radius 3 is 2.67 bits per heavy atom. The van der Waals surface area contributed by atoms with E-state index < -0.39 is 0 Å². The monoisotopic (exact) mass is 201 g/mol. The minimum absolute atomic E-state index is 0.0786. The molecule has 15 heavy (non-hydrogen) atoms. The summed E-state index contributed by atoms with van der Waals surface area (Å²) in [5.74, 6) is 1.05. The van der Waals surface area contributed by atoms with Gasteiger partial charge in [-0.25, -0.2) is 11.6 Å². The normalized spacial score (nSPS) is 17.5. The van der Waals surface area contributed by atoms with Gasteiger partial charge >= 0.3 is 0 Å². The quantitative estimate of drug-likeness (QED) is 0.686. The van der Waals surface area contributed by atoms with Gasteiger partial charge in [-0.15, -0.1) is 0 Å². The van der Waals surface area contributed by atoms with Crippen LogP contribution in [-0.4, -0.2) is 18.1 Å². The lowest BCUT2D eigenvalue weighted by molar-refractivity contribution is 0.911. The van der Waals surface area contributed by atoms with Crippen molar-refractivity contribution in [3.8, 4) is 0 Å². The van der Waals surface area contributed by atoms with Crippen LogP contribution in [0.1, 0.15) is 31.4 Å². The lowest BCUT2D eigenvalue weighted by Gasteiger charge is -2.15. The summed E-state index contributed by atoms with van der Waals surface area (Å²) in [5, 5.41) is 0. The minimum atomic E-state index is -0.0786. The summed E-state index contributed by atoms with van der Waals surface area (Å²) in [7, 11) is 0. The first-order valence-corrected chi connectivity index (χ1v) is 5.39. The molecule has 0 amide bonds. The van der Waals surface area contributed by atoms with E-state index in [9.17, 15) is 0 Å². The third-order valence-electron chi connectivity index (χ3n) is 2.88. The van der Waals surface area contributed by atoms with Crippen molar-refractivity contribution in [2.75, 3.05) is 18.0 Å². The van der Waals surface area contributed by atoms with Gasteiger partial charge in [0.25, 0.3) is 0 Å². The Kier molecular flexibility index (Phi) is 2.86. The summed E-state index contributed by atoms with van der Waals surface area (Å²) in [6.07, 6.45) is 4.36. The van der Waals surface area contributed by atoms with Crippen molar-refractivity contribution in [2.24, 2.45) is 0 Å². The molecule has 0 bridgehead atoms. The average molecular weight is 201 g/mol. The van der Waals surface area contributed by atoms with E-state index in [0.29, 0.717) is 0 Å². The number of aromatic nitrogens is 1. The molecule has 0 saturated carbocycles. The molecule has 1 aliphatic heterocycles. The van der Waals surface area contributed by atoms with Crippen molar-refractivity contribution in [2.45, 2.75) is 25.8 Å².